The van der Waals surface area contributed by atoms with E-state index < -0.39 is 5.97 Å². The van der Waals surface area contributed by atoms with Gasteiger partial charge in [0.15, 0.2) is 0 Å². The largest absolute Gasteiger partial charge is 0.496 e. The summed E-state index contributed by atoms with van der Waals surface area (Å²) >= 11 is 0. The topological polar surface area (TPSA) is 65.1 Å². The Morgan fingerprint density at radius 3 is 2.10 bits per heavy atom. The second kappa shape index (κ2) is 8.14. The molecule has 0 spiro atoms. The van der Waals surface area contributed by atoms with Gasteiger partial charge in [0.05, 0.1) is 21.3 Å². The summed E-state index contributed by atoms with van der Waals surface area (Å²) < 4.78 is 15.1. The van der Waals surface area contributed by atoms with Gasteiger partial charge in [0.2, 0.25) is 0 Å². The second-order valence-corrected chi connectivity index (χ2v) is 4.34. The summed E-state index contributed by atoms with van der Waals surface area (Å²) in [7, 11) is 4.26. The molecular weight excluding hydrogens is 274 g/mol. The number of ether oxygens (including phenoxy) is 3. The quantitative estimate of drug-likeness (QED) is 0.717. The van der Waals surface area contributed by atoms with Crippen LogP contribution in [0.5, 0.6) is 11.5 Å². The predicted molar refractivity (Wildman–Crippen MR) is 77.8 cm³/mol. The monoisotopic (exact) mass is 295 g/mol. The Labute approximate surface area is 124 Å². The fourth-order valence-corrected chi connectivity index (χ4v) is 1.96. The molecule has 21 heavy (non-hydrogen) atoms. The zero-order valence-corrected chi connectivity index (χ0v) is 12.8. The molecule has 0 saturated heterocycles. The van der Waals surface area contributed by atoms with Crippen molar-refractivity contribution in [3.63, 3.8) is 0 Å². The van der Waals surface area contributed by atoms with Crippen molar-refractivity contribution in [2.75, 3.05) is 34.4 Å². The second-order valence-electron chi connectivity index (χ2n) is 4.34. The molecule has 0 N–H and O–H groups in total. The van der Waals surface area contributed by atoms with Gasteiger partial charge in [0.25, 0.3) is 5.91 Å². The minimum absolute atomic E-state index is 0.107. The summed E-state index contributed by atoms with van der Waals surface area (Å²) in [5.74, 6) is 0.0258. The fraction of sp³-hybridized carbons (Fsp3) is 0.467. The smallest absolute Gasteiger partial charge is 0.325 e. The molecule has 0 aromatic heterocycles. The van der Waals surface area contributed by atoms with Crippen LogP contribution in [0.1, 0.15) is 23.7 Å². The van der Waals surface area contributed by atoms with Crippen molar-refractivity contribution in [1.82, 2.24) is 4.90 Å². The van der Waals surface area contributed by atoms with Crippen LogP contribution in [0.25, 0.3) is 0 Å². The predicted octanol–water partition coefficient (Wildman–Crippen LogP) is 1.73. The molecule has 0 fully saturated rings. The number of benzene rings is 1. The summed E-state index contributed by atoms with van der Waals surface area (Å²) in [5.41, 5.74) is 0.305. The van der Waals surface area contributed by atoms with Gasteiger partial charge < -0.3 is 19.1 Å². The summed E-state index contributed by atoms with van der Waals surface area (Å²) in [5, 5.41) is 0. The number of hydrogen-bond donors (Lipinski definition) is 0. The van der Waals surface area contributed by atoms with E-state index >= 15 is 0 Å². The summed E-state index contributed by atoms with van der Waals surface area (Å²) in [4.78, 5) is 25.6. The normalized spacial score (nSPS) is 9.90. The van der Waals surface area contributed by atoms with Crippen molar-refractivity contribution in [3.8, 4) is 11.5 Å². The van der Waals surface area contributed by atoms with E-state index in [2.05, 4.69) is 4.74 Å². The number of nitrogens with zero attached hydrogens (tertiary/aromatic N) is 1. The number of rotatable bonds is 7. The van der Waals surface area contributed by atoms with Gasteiger partial charge in [-0.2, -0.15) is 0 Å². The van der Waals surface area contributed by atoms with E-state index in [0.29, 0.717) is 23.6 Å². The zero-order valence-electron chi connectivity index (χ0n) is 12.8. The molecule has 0 saturated carbocycles. The van der Waals surface area contributed by atoms with Crippen molar-refractivity contribution in [2.45, 2.75) is 13.3 Å². The number of esters is 1. The first-order chi connectivity index (χ1) is 10.1. The Bertz CT molecular complexity index is 479. The van der Waals surface area contributed by atoms with Crippen LogP contribution in [0, 0.1) is 0 Å². The van der Waals surface area contributed by atoms with E-state index in [4.69, 9.17) is 9.47 Å². The number of amides is 1. The number of carbonyl (C=O) groups excluding carboxylic acids is 2. The minimum atomic E-state index is -0.467. The highest BCUT2D eigenvalue weighted by molar-refractivity contribution is 6.01. The lowest BCUT2D eigenvalue weighted by molar-refractivity contribution is -0.141. The third kappa shape index (κ3) is 4.11. The van der Waals surface area contributed by atoms with Crippen molar-refractivity contribution < 1.29 is 23.8 Å². The number of hydrogen-bond acceptors (Lipinski definition) is 5. The van der Waals surface area contributed by atoms with Gasteiger partial charge in [0, 0.05) is 6.54 Å². The van der Waals surface area contributed by atoms with Crippen LogP contribution in [0.2, 0.25) is 0 Å². The van der Waals surface area contributed by atoms with Gasteiger partial charge in [-0.15, -0.1) is 0 Å². The summed E-state index contributed by atoms with van der Waals surface area (Å²) in [6, 6.07) is 5.09. The maximum atomic E-state index is 12.7. The highest BCUT2D eigenvalue weighted by Gasteiger charge is 2.25. The molecule has 1 amide bonds. The van der Waals surface area contributed by atoms with Crippen molar-refractivity contribution in [3.05, 3.63) is 23.8 Å². The first kappa shape index (κ1) is 16.8. The van der Waals surface area contributed by atoms with Crippen molar-refractivity contribution in [1.29, 1.82) is 0 Å². The van der Waals surface area contributed by atoms with E-state index in [0.717, 1.165) is 6.42 Å². The van der Waals surface area contributed by atoms with Gasteiger partial charge in [-0.1, -0.05) is 13.0 Å². The van der Waals surface area contributed by atoms with Gasteiger partial charge in [0.1, 0.15) is 23.6 Å². The highest BCUT2D eigenvalue weighted by Crippen LogP contribution is 2.29. The lowest BCUT2D eigenvalue weighted by Crippen LogP contribution is -2.37. The molecule has 6 nitrogen and oxygen atoms in total. The summed E-state index contributed by atoms with van der Waals surface area (Å²) in [6.07, 6.45) is 0.722. The van der Waals surface area contributed by atoms with E-state index in [1.54, 1.807) is 18.2 Å². The third-order valence-electron chi connectivity index (χ3n) is 2.97. The zero-order chi connectivity index (χ0) is 15.8. The Balaban J connectivity index is 3.16. The summed E-state index contributed by atoms with van der Waals surface area (Å²) in [6.45, 7) is 2.26. The molecule has 0 aliphatic carbocycles. The average Bonchev–Trinajstić information content (AvgIpc) is 2.52. The van der Waals surface area contributed by atoms with Crippen LogP contribution in [0.4, 0.5) is 0 Å². The van der Waals surface area contributed by atoms with Crippen LogP contribution >= 0.6 is 0 Å². The van der Waals surface area contributed by atoms with Gasteiger partial charge in [-0.3, -0.25) is 9.59 Å². The molecule has 1 aromatic rings. The molecule has 0 unspecified atom stereocenters. The van der Waals surface area contributed by atoms with Crippen LogP contribution in [0.15, 0.2) is 18.2 Å². The van der Waals surface area contributed by atoms with E-state index in [-0.39, 0.29) is 12.5 Å². The van der Waals surface area contributed by atoms with Gasteiger partial charge >= 0.3 is 5.97 Å². The van der Waals surface area contributed by atoms with E-state index in [1.165, 1.54) is 26.2 Å². The van der Waals surface area contributed by atoms with Crippen LogP contribution < -0.4 is 9.47 Å². The van der Waals surface area contributed by atoms with E-state index in [9.17, 15) is 9.59 Å². The standard InChI is InChI=1S/C15H21NO5/c1-5-9-16(10-13(17)21-4)15(18)14-11(19-2)7-6-8-12(14)20-3/h6-8H,5,9-10H2,1-4H3. The Morgan fingerprint density at radius 2 is 1.67 bits per heavy atom. The molecule has 0 atom stereocenters. The molecule has 116 valence electrons. The Morgan fingerprint density at radius 1 is 1.10 bits per heavy atom. The molecule has 0 bridgehead atoms. The maximum Gasteiger partial charge on any atom is 0.325 e. The van der Waals surface area contributed by atoms with Crippen LogP contribution in [-0.2, 0) is 9.53 Å². The first-order valence-electron chi connectivity index (χ1n) is 6.66. The van der Waals surface area contributed by atoms with Crippen LogP contribution in [-0.4, -0.2) is 51.2 Å². The van der Waals surface area contributed by atoms with Gasteiger partial charge in [-0.25, -0.2) is 0 Å². The molecule has 0 heterocycles. The SMILES string of the molecule is CCCN(CC(=O)OC)C(=O)c1c(OC)cccc1OC. The molecule has 0 aliphatic rings. The van der Waals surface area contributed by atoms with Crippen LogP contribution in [0.3, 0.4) is 0 Å². The number of carbonyl (C=O) groups is 2. The minimum Gasteiger partial charge on any atom is -0.496 e. The fourth-order valence-electron chi connectivity index (χ4n) is 1.96. The average molecular weight is 295 g/mol. The highest BCUT2D eigenvalue weighted by atomic mass is 16.5. The Kier molecular flexibility index (Phi) is 6.52. The Hall–Kier alpha value is -2.24. The molecule has 6 heteroatoms. The van der Waals surface area contributed by atoms with E-state index in [1.807, 2.05) is 6.92 Å². The van der Waals surface area contributed by atoms with Crippen molar-refractivity contribution in [2.24, 2.45) is 0 Å². The first-order valence-corrected chi connectivity index (χ1v) is 6.66. The molecule has 1 aromatic carbocycles. The third-order valence-corrected chi connectivity index (χ3v) is 2.97. The number of methoxy groups -OCH3 is 3. The molecule has 0 radical (unpaired) electrons. The van der Waals surface area contributed by atoms with Gasteiger partial charge in [-0.05, 0) is 18.6 Å². The molecule has 0 aliphatic heterocycles. The molecule has 1 rings (SSSR count). The lowest BCUT2D eigenvalue weighted by Gasteiger charge is -2.23. The van der Waals surface area contributed by atoms with Crippen molar-refractivity contribution >= 4 is 11.9 Å². The lowest BCUT2D eigenvalue weighted by atomic mass is 10.1. The maximum absolute atomic E-state index is 12.7. The molecular formula is C15H21NO5.